The molecule has 0 spiro atoms. The molecule has 6 rings (SSSR count). The molecular weight excluding hydrogens is 488 g/mol. The largest absolute Gasteiger partial charge is 0.469 e. The molecule has 0 saturated heterocycles. The number of benzene rings is 2. The van der Waals surface area contributed by atoms with Crippen LogP contribution in [0.25, 0.3) is 17.4 Å². The molecule has 176 valence electrons. The fourth-order valence-corrected chi connectivity index (χ4v) is 6.06. The van der Waals surface area contributed by atoms with Crippen molar-refractivity contribution < 1.29 is 18.7 Å². The van der Waals surface area contributed by atoms with Crippen LogP contribution in [0.5, 0.6) is 5.75 Å². The average molecular weight is 507 g/mol. The van der Waals surface area contributed by atoms with Gasteiger partial charge >= 0.3 is 5.97 Å². The Morgan fingerprint density at radius 1 is 1.20 bits per heavy atom. The summed E-state index contributed by atoms with van der Waals surface area (Å²) in [6.07, 6.45) is 1.69. The maximum Gasteiger partial charge on any atom is 0.317 e. The van der Waals surface area contributed by atoms with Crippen LogP contribution in [0.2, 0.25) is 5.02 Å². The quantitative estimate of drug-likeness (QED) is 0.395. The summed E-state index contributed by atoms with van der Waals surface area (Å²) in [7, 11) is 1.33. The summed E-state index contributed by atoms with van der Waals surface area (Å²) in [6.45, 7) is 1.75. The molecule has 0 unspecified atom stereocenters. The van der Waals surface area contributed by atoms with E-state index in [2.05, 4.69) is 0 Å². The number of esters is 1. The van der Waals surface area contributed by atoms with Crippen LogP contribution in [0.15, 0.2) is 74.9 Å². The molecule has 2 aliphatic rings. The van der Waals surface area contributed by atoms with Crippen molar-refractivity contribution in [3.8, 4) is 17.1 Å². The average Bonchev–Trinajstić information content (AvgIpc) is 3.42. The summed E-state index contributed by atoms with van der Waals surface area (Å²) in [5.74, 6) is 0.457. The molecule has 35 heavy (non-hydrogen) atoms. The van der Waals surface area contributed by atoms with Crippen LogP contribution in [0, 0.1) is 5.92 Å². The summed E-state index contributed by atoms with van der Waals surface area (Å²) < 4.78 is 19.3. The highest BCUT2D eigenvalue weighted by molar-refractivity contribution is 7.07. The van der Waals surface area contributed by atoms with E-state index in [4.69, 9.17) is 30.5 Å². The number of furan rings is 1. The van der Waals surface area contributed by atoms with Crippen molar-refractivity contribution in [2.45, 2.75) is 18.7 Å². The number of thiazole rings is 1. The number of halogens is 1. The Labute approximate surface area is 208 Å². The van der Waals surface area contributed by atoms with Gasteiger partial charge in [0.1, 0.15) is 23.2 Å². The molecule has 4 aromatic rings. The van der Waals surface area contributed by atoms with Crippen molar-refractivity contribution >= 4 is 35.0 Å². The van der Waals surface area contributed by atoms with Crippen LogP contribution >= 0.6 is 22.9 Å². The predicted molar refractivity (Wildman–Crippen MR) is 131 cm³/mol. The Balaban J connectivity index is 1.51. The van der Waals surface area contributed by atoms with Crippen molar-refractivity contribution in [3.63, 3.8) is 0 Å². The molecule has 0 radical (unpaired) electrons. The van der Waals surface area contributed by atoms with Gasteiger partial charge in [-0.15, -0.1) is 0 Å². The molecule has 0 saturated carbocycles. The lowest BCUT2D eigenvalue weighted by Crippen LogP contribution is -2.58. The van der Waals surface area contributed by atoms with Gasteiger partial charge < -0.3 is 13.9 Å². The van der Waals surface area contributed by atoms with Crippen molar-refractivity contribution in [1.82, 2.24) is 4.57 Å². The number of hydrogen-bond acceptors (Lipinski definition) is 7. The van der Waals surface area contributed by atoms with Crippen molar-refractivity contribution in [1.29, 1.82) is 0 Å². The molecule has 2 bridgehead atoms. The van der Waals surface area contributed by atoms with E-state index in [1.54, 1.807) is 29.7 Å². The third-order valence-electron chi connectivity index (χ3n) is 6.34. The van der Waals surface area contributed by atoms with Crippen molar-refractivity contribution in [2.75, 3.05) is 7.11 Å². The van der Waals surface area contributed by atoms with Crippen LogP contribution in [-0.4, -0.2) is 23.4 Å². The zero-order valence-electron chi connectivity index (χ0n) is 18.7. The molecule has 2 aliphatic heterocycles. The van der Waals surface area contributed by atoms with Gasteiger partial charge in [0.05, 0.1) is 17.7 Å². The lowest BCUT2D eigenvalue weighted by atomic mass is 9.81. The first-order valence-corrected chi connectivity index (χ1v) is 12.1. The lowest BCUT2D eigenvalue weighted by molar-refractivity contribution is -0.158. The normalized spacial score (nSPS) is 22.5. The highest BCUT2D eigenvalue weighted by atomic mass is 35.5. The Bertz CT molecular complexity index is 1670. The van der Waals surface area contributed by atoms with Crippen LogP contribution in [-0.2, 0) is 9.53 Å². The Morgan fingerprint density at radius 2 is 2.03 bits per heavy atom. The third kappa shape index (κ3) is 3.44. The van der Waals surface area contributed by atoms with Gasteiger partial charge in [0.15, 0.2) is 4.80 Å². The standard InChI is InChI=1S/C26H19ClN2O5S/c1-26-21(24(31)32-2)22(17-8-3-4-9-19(17)34-26)29-23(30)20(35-25(29)28-26)13-16-10-11-18(33-16)14-6-5-7-15(27)12-14/h3-13,21-22H,1-2H3/b20-13+/t21-,22+,26+/m0/s1. The number of nitrogens with zero attached hydrogens (tertiary/aromatic N) is 2. The molecule has 9 heteroatoms. The minimum absolute atomic E-state index is 0.257. The van der Waals surface area contributed by atoms with Crippen molar-refractivity contribution in [2.24, 2.45) is 10.9 Å². The maximum atomic E-state index is 13.6. The second-order valence-electron chi connectivity index (χ2n) is 8.53. The molecule has 3 atom stereocenters. The molecule has 2 aromatic carbocycles. The van der Waals surface area contributed by atoms with Crippen LogP contribution in [0.1, 0.15) is 24.3 Å². The molecule has 4 heterocycles. The number of fused-ring (bicyclic) bond motifs is 6. The Kier molecular flexibility index (Phi) is 4.98. The molecule has 0 fully saturated rings. The topological polar surface area (TPSA) is 83.0 Å². The zero-order valence-corrected chi connectivity index (χ0v) is 20.3. The second-order valence-corrected chi connectivity index (χ2v) is 9.98. The number of carbonyl (C=O) groups excluding carboxylic acids is 1. The summed E-state index contributed by atoms with van der Waals surface area (Å²) in [5, 5.41) is 0.609. The second kappa shape index (κ2) is 7.96. The minimum atomic E-state index is -1.20. The SMILES string of the molecule is COC(=O)[C@@H]1[C@H]2c3ccccc3O[C@@]1(C)N=c1s/c(=C/c3ccc(-c4cccc(Cl)c4)o3)c(=O)n12. The van der Waals surface area contributed by atoms with Gasteiger partial charge in [-0.25, -0.2) is 4.99 Å². The molecule has 0 N–H and O–H groups in total. The first-order chi connectivity index (χ1) is 16.9. The molecule has 0 aliphatic carbocycles. The molecule has 7 nitrogen and oxygen atoms in total. The fraction of sp³-hybridized carbons (Fsp3) is 0.192. The number of methoxy groups -OCH3 is 1. The van der Waals surface area contributed by atoms with E-state index < -0.39 is 23.7 Å². The lowest BCUT2D eigenvalue weighted by Gasteiger charge is -2.44. The Hall–Kier alpha value is -3.62. The molecule has 0 amide bonds. The molecule has 2 aromatic heterocycles. The van der Waals surface area contributed by atoms with E-state index in [0.717, 1.165) is 11.1 Å². The van der Waals surface area contributed by atoms with E-state index in [0.29, 0.717) is 31.6 Å². The van der Waals surface area contributed by atoms with E-state index in [1.807, 2.05) is 48.5 Å². The number of rotatable bonds is 3. The number of ether oxygens (including phenoxy) is 2. The van der Waals surface area contributed by atoms with Gasteiger partial charge in [-0.05, 0) is 37.3 Å². The summed E-state index contributed by atoms with van der Waals surface area (Å²) in [5.41, 5.74) is 0.118. The van der Waals surface area contributed by atoms with Crippen molar-refractivity contribution in [3.05, 3.63) is 96.7 Å². The minimum Gasteiger partial charge on any atom is -0.469 e. The van der Waals surface area contributed by atoms with E-state index in [9.17, 15) is 9.59 Å². The van der Waals surface area contributed by atoms with E-state index >= 15 is 0 Å². The van der Waals surface area contributed by atoms with Crippen LogP contribution in [0.4, 0.5) is 0 Å². The highest BCUT2D eigenvalue weighted by Crippen LogP contribution is 2.47. The van der Waals surface area contributed by atoms with Gasteiger partial charge in [-0.1, -0.05) is 53.3 Å². The van der Waals surface area contributed by atoms with Gasteiger partial charge in [-0.3, -0.25) is 14.2 Å². The van der Waals surface area contributed by atoms with Crippen LogP contribution < -0.4 is 19.6 Å². The smallest absolute Gasteiger partial charge is 0.317 e. The first kappa shape index (κ1) is 21.9. The zero-order chi connectivity index (χ0) is 24.3. The number of para-hydroxylation sites is 1. The van der Waals surface area contributed by atoms with E-state index in [1.165, 1.54) is 18.4 Å². The monoisotopic (exact) mass is 506 g/mol. The number of aromatic nitrogens is 1. The van der Waals surface area contributed by atoms with Gasteiger partial charge in [0, 0.05) is 22.2 Å². The van der Waals surface area contributed by atoms with Gasteiger partial charge in [-0.2, -0.15) is 0 Å². The number of hydrogen-bond donors (Lipinski definition) is 0. The summed E-state index contributed by atoms with van der Waals surface area (Å²) >= 11 is 7.33. The predicted octanol–water partition coefficient (Wildman–Crippen LogP) is 3.77. The molecular formula is C26H19ClN2O5S. The summed E-state index contributed by atoms with van der Waals surface area (Å²) in [4.78, 5) is 31.7. The number of carbonyl (C=O) groups is 1. The van der Waals surface area contributed by atoms with Gasteiger partial charge in [0.25, 0.3) is 5.56 Å². The maximum absolute atomic E-state index is 13.6. The van der Waals surface area contributed by atoms with Gasteiger partial charge in [0.2, 0.25) is 5.72 Å². The first-order valence-electron chi connectivity index (χ1n) is 10.9. The van der Waals surface area contributed by atoms with E-state index in [-0.39, 0.29) is 5.56 Å². The Morgan fingerprint density at radius 3 is 2.83 bits per heavy atom. The fourth-order valence-electron chi connectivity index (χ4n) is 4.79. The highest BCUT2D eigenvalue weighted by Gasteiger charge is 2.55. The summed E-state index contributed by atoms with van der Waals surface area (Å²) in [6, 6.07) is 17.8. The van der Waals surface area contributed by atoms with Crippen LogP contribution in [0.3, 0.4) is 0 Å². The third-order valence-corrected chi connectivity index (χ3v) is 7.56.